The number of phosphoric acid groups is 1. The lowest BCUT2D eigenvalue weighted by molar-refractivity contribution is -0.870. The van der Waals surface area contributed by atoms with Crippen LogP contribution in [0.15, 0.2) is 36.5 Å². The number of rotatable bonds is 57. The van der Waals surface area contributed by atoms with Gasteiger partial charge in [-0.15, -0.1) is 0 Å². The van der Waals surface area contributed by atoms with Gasteiger partial charge < -0.3 is 19.4 Å². The number of quaternary nitrogens is 1. The van der Waals surface area contributed by atoms with Crippen LogP contribution in [0, 0.1) is 0 Å². The first-order valence-corrected chi connectivity index (χ1v) is 32.8. The zero-order valence-electron chi connectivity index (χ0n) is 49.1. The quantitative estimate of drug-likeness (QED) is 0.0205. The van der Waals surface area contributed by atoms with Gasteiger partial charge in [0.05, 0.1) is 33.8 Å². The highest BCUT2D eigenvalue weighted by Crippen LogP contribution is 2.43. The van der Waals surface area contributed by atoms with Crippen LogP contribution < -0.4 is 5.32 Å². The highest BCUT2D eigenvalue weighted by atomic mass is 31.2. The summed E-state index contributed by atoms with van der Waals surface area (Å²) in [6.45, 7) is 7.02. The van der Waals surface area contributed by atoms with Crippen LogP contribution in [0.1, 0.15) is 303 Å². The molecule has 0 aromatic carbocycles. The van der Waals surface area contributed by atoms with Gasteiger partial charge in [-0.3, -0.25) is 18.6 Å². The molecular weight excluding hydrogens is 928 g/mol. The zero-order valence-corrected chi connectivity index (χ0v) is 50.0. The average molecular weight is 1050 g/mol. The molecule has 73 heavy (non-hydrogen) atoms. The normalized spacial score (nSPS) is 13.9. The topological polar surface area (TPSA) is 111 Å². The summed E-state index contributed by atoms with van der Waals surface area (Å²) in [4.78, 5) is 37.7. The van der Waals surface area contributed by atoms with Crippen LogP contribution in [0.2, 0.25) is 0 Å². The number of phosphoric ester groups is 1. The van der Waals surface area contributed by atoms with Crippen molar-refractivity contribution in [3.05, 3.63) is 36.5 Å². The summed E-state index contributed by atoms with van der Waals surface area (Å²) < 4.78 is 30.7. The standard InChI is InChI=1S/C63H121N2O7P/c1-7-10-13-16-19-22-25-27-29-30-31-32-33-34-36-37-40-43-46-49-52-55-62(66)64-60(59-71-73(68,69)70-58-57-65(4,5)6)61(54-51-48-45-42-39-24-21-18-15-12-9-3)72-63(67)56-53-50-47-44-41-38-35-28-26-23-20-17-14-11-8-2/h23,26-27,29,51,54,60-61H,7-22,24-25,28,30-50,52-53,55-59H2,1-6H3,(H-,64,66,68,69)/p+1/b26-23-,29-27+,54-51-. The van der Waals surface area contributed by atoms with E-state index in [-0.39, 0.29) is 31.5 Å². The van der Waals surface area contributed by atoms with E-state index < -0.39 is 20.0 Å². The molecule has 0 aliphatic carbocycles. The largest absolute Gasteiger partial charge is 0.472 e. The number of amides is 1. The maximum absolute atomic E-state index is 13.5. The lowest BCUT2D eigenvalue weighted by atomic mass is 10.0. The van der Waals surface area contributed by atoms with Crippen LogP contribution in [-0.4, -0.2) is 74.3 Å². The van der Waals surface area contributed by atoms with E-state index in [1.54, 1.807) is 0 Å². The Morgan fingerprint density at radius 2 is 0.795 bits per heavy atom. The molecule has 0 aliphatic heterocycles. The van der Waals surface area contributed by atoms with Gasteiger partial charge >= 0.3 is 13.8 Å². The zero-order chi connectivity index (χ0) is 53.6. The molecule has 1 amide bonds. The van der Waals surface area contributed by atoms with Gasteiger partial charge in [0.15, 0.2) is 0 Å². The monoisotopic (exact) mass is 1050 g/mol. The number of likely N-dealkylation sites (N-methyl/N-ethyl adjacent to an activating group) is 1. The minimum Gasteiger partial charge on any atom is -0.456 e. The van der Waals surface area contributed by atoms with Crippen molar-refractivity contribution in [3.8, 4) is 0 Å². The third-order valence-corrected chi connectivity index (χ3v) is 15.0. The van der Waals surface area contributed by atoms with E-state index in [4.69, 9.17) is 13.8 Å². The lowest BCUT2D eigenvalue weighted by Crippen LogP contribution is -2.47. The third kappa shape index (κ3) is 54.8. The molecule has 0 spiro atoms. The van der Waals surface area contributed by atoms with E-state index >= 15 is 0 Å². The van der Waals surface area contributed by atoms with Gasteiger partial charge in [-0.25, -0.2) is 4.57 Å². The summed E-state index contributed by atoms with van der Waals surface area (Å²) in [6, 6.07) is -0.847. The molecule has 2 N–H and O–H groups in total. The Labute approximate surface area is 453 Å². The minimum atomic E-state index is -4.44. The smallest absolute Gasteiger partial charge is 0.456 e. The maximum atomic E-state index is 13.5. The van der Waals surface area contributed by atoms with E-state index in [1.807, 2.05) is 33.3 Å². The molecule has 3 atom stereocenters. The molecule has 0 heterocycles. The Morgan fingerprint density at radius 3 is 1.18 bits per heavy atom. The van der Waals surface area contributed by atoms with E-state index in [9.17, 15) is 19.0 Å². The number of esters is 1. The van der Waals surface area contributed by atoms with E-state index in [0.717, 1.165) is 57.8 Å². The number of hydrogen-bond donors (Lipinski definition) is 2. The number of carbonyl (C=O) groups is 2. The summed E-state index contributed by atoms with van der Waals surface area (Å²) in [5.74, 6) is -0.501. The van der Waals surface area contributed by atoms with E-state index in [1.165, 1.54) is 212 Å². The summed E-state index contributed by atoms with van der Waals surface area (Å²) in [5.41, 5.74) is 0. The second-order valence-corrected chi connectivity index (χ2v) is 24.0. The Bertz CT molecular complexity index is 1350. The van der Waals surface area contributed by atoms with Crippen molar-refractivity contribution in [2.75, 3.05) is 40.9 Å². The fourth-order valence-corrected chi connectivity index (χ4v) is 9.90. The van der Waals surface area contributed by atoms with Crippen LogP contribution >= 0.6 is 7.82 Å². The fraction of sp³-hybridized carbons (Fsp3) is 0.873. The number of hydrogen-bond acceptors (Lipinski definition) is 6. The van der Waals surface area contributed by atoms with Crippen molar-refractivity contribution in [3.63, 3.8) is 0 Å². The molecule has 430 valence electrons. The Kier molecular flexibility index (Phi) is 52.3. The van der Waals surface area contributed by atoms with Crippen molar-refractivity contribution >= 4 is 19.7 Å². The van der Waals surface area contributed by atoms with Gasteiger partial charge in [-0.1, -0.05) is 244 Å². The number of nitrogens with zero attached hydrogens (tertiary/aromatic N) is 1. The number of unbranched alkanes of at least 4 members (excludes halogenated alkanes) is 37. The molecule has 9 nitrogen and oxygen atoms in total. The number of carbonyl (C=O) groups excluding carboxylic acids is 2. The third-order valence-electron chi connectivity index (χ3n) is 14.1. The van der Waals surface area contributed by atoms with Gasteiger partial charge in [-0.2, -0.15) is 0 Å². The molecule has 0 aromatic rings. The first kappa shape index (κ1) is 71.2. The summed E-state index contributed by atoms with van der Waals surface area (Å²) in [6.07, 6.45) is 64.2. The first-order chi connectivity index (χ1) is 35.4. The van der Waals surface area contributed by atoms with Crippen molar-refractivity contribution < 1.29 is 37.3 Å². The SMILES string of the molecule is CCCCCC/C=C\CCCCCCCCCC(=O)OC(/C=C\CCCCCCCCCCC)C(COP(=O)(O)OCC[N+](C)(C)C)NC(=O)CCCCCCCCCCCCC/C=C/CCCCCCCC. The second kappa shape index (κ2) is 53.6. The lowest BCUT2D eigenvalue weighted by Gasteiger charge is -2.27. The van der Waals surface area contributed by atoms with Gasteiger partial charge in [-0.05, 0) is 83.1 Å². The minimum absolute atomic E-state index is 0.0411. The average Bonchev–Trinajstić information content (AvgIpc) is 3.35. The Balaban J connectivity index is 5.16. The fourth-order valence-electron chi connectivity index (χ4n) is 9.17. The van der Waals surface area contributed by atoms with Gasteiger partial charge in [0.1, 0.15) is 19.3 Å². The van der Waals surface area contributed by atoms with Gasteiger partial charge in [0.2, 0.25) is 5.91 Å². The van der Waals surface area contributed by atoms with Gasteiger partial charge in [0, 0.05) is 12.8 Å². The molecule has 0 bridgehead atoms. The number of nitrogens with one attached hydrogen (secondary N) is 1. The molecular formula is C63H122N2O7P+. The van der Waals surface area contributed by atoms with Crippen LogP contribution in [0.4, 0.5) is 0 Å². The summed E-state index contributed by atoms with van der Waals surface area (Å²) >= 11 is 0. The molecule has 0 saturated heterocycles. The predicted octanol–water partition coefficient (Wildman–Crippen LogP) is 19.1. The molecule has 0 saturated carbocycles. The molecule has 3 unspecified atom stereocenters. The van der Waals surface area contributed by atoms with Crippen molar-refractivity contribution in [2.24, 2.45) is 0 Å². The van der Waals surface area contributed by atoms with E-state index in [2.05, 4.69) is 50.4 Å². The number of ether oxygens (including phenoxy) is 1. The molecule has 0 rings (SSSR count). The summed E-state index contributed by atoms with van der Waals surface area (Å²) in [7, 11) is 1.50. The van der Waals surface area contributed by atoms with Gasteiger partial charge in [0.25, 0.3) is 0 Å². The predicted molar refractivity (Wildman–Crippen MR) is 314 cm³/mol. The van der Waals surface area contributed by atoms with Crippen LogP contribution in [0.25, 0.3) is 0 Å². The molecule has 10 heteroatoms. The molecule has 0 fully saturated rings. The van der Waals surface area contributed by atoms with Crippen LogP contribution in [0.3, 0.4) is 0 Å². The Hall–Kier alpha value is -1.77. The van der Waals surface area contributed by atoms with E-state index in [0.29, 0.717) is 17.4 Å². The maximum Gasteiger partial charge on any atom is 0.472 e. The Morgan fingerprint density at radius 1 is 0.466 bits per heavy atom. The van der Waals surface area contributed by atoms with Crippen LogP contribution in [-0.2, 0) is 27.9 Å². The molecule has 0 aromatic heterocycles. The highest BCUT2D eigenvalue weighted by molar-refractivity contribution is 7.47. The van der Waals surface area contributed by atoms with Crippen molar-refractivity contribution in [1.29, 1.82) is 0 Å². The summed E-state index contributed by atoms with van der Waals surface area (Å²) in [5, 5.41) is 3.06. The second-order valence-electron chi connectivity index (χ2n) is 22.6. The van der Waals surface area contributed by atoms with Crippen molar-refractivity contribution in [1.82, 2.24) is 5.32 Å². The van der Waals surface area contributed by atoms with Crippen LogP contribution in [0.5, 0.6) is 0 Å². The highest BCUT2D eigenvalue weighted by Gasteiger charge is 2.30. The van der Waals surface area contributed by atoms with Crippen molar-refractivity contribution in [2.45, 2.75) is 315 Å². The molecule has 0 radical (unpaired) electrons. The molecule has 0 aliphatic rings. The number of allylic oxidation sites excluding steroid dienone is 5. The first-order valence-electron chi connectivity index (χ1n) is 31.3.